The number of carbonyl (C=O) groups is 1. The first-order valence-electron chi connectivity index (χ1n) is 8.81. The highest BCUT2D eigenvalue weighted by Gasteiger charge is 2.33. The first-order chi connectivity index (χ1) is 11.9. The molecular weight excluding hydrogens is 331 g/mol. The molecule has 4 nitrogen and oxygen atoms in total. The fraction of sp³-hybridized carbons (Fsp3) is 0.611. The fourth-order valence-electron chi connectivity index (χ4n) is 3.54. The van der Waals surface area contributed by atoms with E-state index in [0.29, 0.717) is 44.8 Å². The number of carbonyl (C=O) groups excluding carboxylic acids is 1. The topological polar surface area (TPSA) is 26.8 Å². The zero-order valence-electron chi connectivity index (χ0n) is 14.3. The Kier molecular flexibility index (Phi) is 5.64. The van der Waals surface area contributed by atoms with Crippen LogP contribution in [0.3, 0.4) is 0 Å². The van der Waals surface area contributed by atoms with Crippen LogP contribution >= 0.6 is 0 Å². The SMILES string of the molecule is O=C(CN1CCN(Cc2ccccc2C(F)(F)F)CC1)N1CCCC1. The summed E-state index contributed by atoms with van der Waals surface area (Å²) in [6, 6.07) is 5.76. The number of halogens is 3. The summed E-state index contributed by atoms with van der Waals surface area (Å²) in [6.45, 7) is 5.22. The van der Waals surface area contributed by atoms with Crippen molar-refractivity contribution < 1.29 is 18.0 Å². The molecule has 0 atom stereocenters. The average Bonchev–Trinajstić information content (AvgIpc) is 3.11. The van der Waals surface area contributed by atoms with E-state index < -0.39 is 11.7 Å². The molecule has 0 bridgehead atoms. The van der Waals surface area contributed by atoms with Crippen molar-refractivity contribution >= 4 is 5.91 Å². The van der Waals surface area contributed by atoms with Crippen LogP contribution in [0.2, 0.25) is 0 Å². The highest BCUT2D eigenvalue weighted by Crippen LogP contribution is 2.32. The smallest absolute Gasteiger partial charge is 0.342 e. The van der Waals surface area contributed by atoms with Crippen LogP contribution in [0, 0.1) is 0 Å². The standard InChI is InChI=1S/C18H24F3N3O/c19-18(20,21)16-6-2-1-5-15(16)13-22-9-11-23(12-10-22)14-17(25)24-7-3-4-8-24/h1-2,5-6H,3-4,7-14H2. The maximum absolute atomic E-state index is 13.1. The van der Waals surface area contributed by atoms with Crippen LogP contribution in [-0.4, -0.2) is 66.4 Å². The Morgan fingerprint density at radius 2 is 1.52 bits per heavy atom. The summed E-state index contributed by atoms with van der Waals surface area (Å²) in [7, 11) is 0. The van der Waals surface area contributed by atoms with Gasteiger partial charge in [0.25, 0.3) is 0 Å². The van der Waals surface area contributed by atoms with E-state index >= 15 is 0 Å². The number of nitrogens with zero attached hydrogens (tertiary/aromatic N) is 3. The van der Waals surface area contributed by atoms with Gasteiger partial charge in [-0.1, -0.05) is 18.2 Å². The van der Waals surface area contributed by atoms with Crippen molar-refractivity contribution in [2.75, 3.05) is 45.8 Å². The van der Waals surface area contributed by atoms with Crippen molar-refractivity contribution in [2.24, 2.45) is 0 Å². The Labute approximate surface area is 146 Å². The lowest BCUT2D eigenvalue weighted by Gasteiger charge is -2.35. The number of benzene rings is 1. The van der Waals surface area contributed by atoms with Crippen molar-refractivity contribution in [1.82, 2.24) is 14.7 Å². The lowest BCUT2D eigenvalue weighted by Crippen LogP contribution is -2.49. The molecule has 1 amide bonds. The zero-order valence-corrected chi connectivity index (χ0v) is 14.3. The molecule has 0 aromatic heterocycles. The van der Waals surface area contributed by atoms with E-state index in [1.807, 2.05) is 9.80 Å². The molecule has 2 aliphatic heterocycles. The fourth-order valence-corrected chi connectivity index (χ4v) is 3.54. The van der Waals surface area contributed by atoms with E-state index in [1.165, 1.54) is 6.07 Å². The number of hydrogen-bond acceptors (Lipinski definition) is 3. The number of alkyl halides is 3. The lowest BCUT2D eigenvalue weighted by atomic mass is 10.1. The second-order valence-electron chi connectivity index (χ2n) is 6.80. The molecule has 0 N–H and O–H groups in total. The van der Waals surface area contributed by atoms with Crippen LogP contribution in [0.1, 0.15) is 24.0 Å². The van der Waals surface area contributed by atoms with Crippen LogP contribution < -0.4 is 0 Å². The zero-order chi connectivity index (χ0) is 17.9. The Morgan fingerprint density at radius 1 is 0.920 bits per heavy atom. The molecule has 138 valence electrons. The van der Waals surface area contributed by atoms with Gasteiger partial charge < -0.3 is 4.90 Å². The van der Waals surface area contributed by atoms with Crippen LogP contribution in [0.25, 0.3) is 0 Å². The molecule has 2 fully saturated rings. The molecule has 2 saturated heterocycles. The summed E-state index contributed by atoms with van der Waals surface area (Å²) in [5.41, 5.74) is -0.238. The van der Waals surface area contributed by atoms with Gasteiger partial charge in [0.2, 0.25) is 5.91 Å². The Hall–Kier alpha value is -1.60. The van der Waals surface area contributed by atoms with Crippen LogP contribution in [0.5, 0.6) is 0 Å². The third kappa shape index (κ3) is 4.73. The summed E-state index contributed by atoms with van der Waals surface area (Å²) < 4.78 is 39.3. The van der Waals surface area contributed by atoms with E-state index in [4.69, 9.17) is 0 Å². The normalized spacial score (nSPS) is 20.2. The van der Waals surface area contributed by atoms with E-state index in [9.17, 15) is 18.0 Å². The lowest BCUT2D eigenvalue weighted by molar-refractivity contribution is -0.138. The van der Waals surface area contributed by atoms with E-state index in [0.717, 1.165) is 32.0 Å². The van der Waals surface area contributed by atoms with E-state index in [1.54, 1.807) is 12.1 Å². The Bertz CT molecular complexity index is 591. The molecule has 1 aromatic carbocycles. The van der Waals surface area contributed by atoms with Gasteiger partial charge in [0, 0.05) is 45.8 Å². The Morgan fingerprint density at radius 3 is 2.16 bits per heavy atom. The van der Waals surface area contributed by atoms with Gasteiger partial charge in [-0.3, -0.25) is 14.6 Å². The highest BCUT2D eigenvalue weighted by atomic mass is 19.4. The molecule has 0 spiro atoms. The summed E-state index contributed by atoms with van der Waals surface area (Å²) >= 11 is 0. The molecule has 25 heavy (non-hydrogen) atoms. The third-order valence-corrected chi connectivity index (χ3v) is 5.00. The third-order valence-electron chi connectivity index (χ3n) is 5.00. The minimum absolute atomic E-state index is 0.174. The molecule has 2 aliphatic rings. The molecule has 2 heterocycles. The van der Waals surface area contributed by atoms with Gasteiger partial charge in [-0.25, -0.2) is 0 Å². The second kappa shape index (κ2) is 7.74. The summed E-state index contributed by atoms with van der Waals surface area (Å²) in [6.07, 6.45) is -2.16. The molecule has 3 rings (SSSR count). The summed E-state index contributed by atoms with van der Waals surface area (Å²) in [5, 5.41) is 0. The van der Waals surface area contributed by atoms with Gasteiger partial charge in [-0.05, 0) is 24.5 Å². The number of rotatable bonds is 4. The molecule has 0 unspecified atom stereocenters. The molecule has 0 radical (unpaired) electrons. The van der Waals surface area contributed by atoms with Crippen molar-refractivity contribution in [3.8, 4) is 0 Å². The largest absolute Gasteiger partial charge is 0.416 e. The highest BCUT2D eigenvalue weighted by molar-refractivity contribution is 5.78. The van der Waals surface area contributed by atoms with Crippen LogP contribution in [0.15, 0.2) is 24.3 Å². The monoisotopic (exact) mass is 355 g/mol. The number of piperazine rings is 1. The number of amides is 1. The minimum Gasteiger partial charge on any atom is -0.342 e. The van der Waals surface area contributed by atoms with Gasteiger partial charge in [-0.15, -0.1) is 0 Å². The van der Waals surface area contributed by atoms with Crippen molar-refractivity contribution in [3.05, 3.63) is 35.4 Å². The van der Waals surface area contributed by atoms with Gasteiger partial charge in [-0.2, -0.15) is 13.2 Å². The quantitative estimate of drug-likeness (QED) is 0.830. The second-order valence-corrected chi connectivity index (χ2v) is 6.80. The van der Waals surface area contributed by atoms with Gasteiger partial charge in [0.05, 0.1) is 12.1 Å². The minimum atomic E-state index is -4.32. The molecule has 0 aliphatic carbocycles. The predicted molar refractivity (Wildman–Crippen MR) is 89.0 cm³/mol. The van der Waals surface area contributed by atoms with Crippen molar-refractivity contribution in [3.63, 3.8) is 0 Å². The molecule has 0 saturated carbocycles. The first-order valence-corrected chi connectivity index (χ1v) is 8.81. The van der Waals surface area contributed by atoms with Gasteiger partial charge in [0.1, 0.15) is 0 Å². The van der Waals surface area contributed by atoms with Gasteiger partial charge in [0.15, 0.2) is 0 Å². The Balaban J connectivity index is 1.51. The van der Waals surface area contributed by atoms with E-state index in [2.05, 4.69) is 4.90 Å². The first kappa shape index (κ1) is 18.2. The maximum Gasteiger partial charge on any atom is 0.416 e. The molecule has 1 aromatic rings. The molecule has 7 heteroatoms. The number of likely N-dealkylation sites (tertiary alicyclic amines) is 1. The summed E-state index contributed by atoms with van der Waals surface area (Å²) in [4.78, 5) is 18.2. The van der Waals surface area contributed by atoms with E-state index in [-0.39, 0.29) is 5.91 Å². The number of hydrogen-bond donors (Lipinski definition) is 0. The summed E-state index contributed by atoms with van der Waals surface area (Å²) in [5.74, 6) is 0.174. The van der Waals surface area contributed by atoms with Crippen molar-refractivity contribution in [1.29, 1.82) is 0 Å². The van der Waals surface area contributed by atoms with Crippen molar-refractivity contribution in [2.45, 2.75) is 25.6 Å². The average molecular weight is 355 g/mol. The van der Waals surface area contributed by atoms with Crippen LogP contribution in [-0.2, 0) is 17.5 Å². The van der Waals surface area contributed by atoms with Gasteiger partial charge >= 0.3 is 6.18 Å². The molecular formula is C18H24F3N3O. The maximum atomic E-state index is 13.1. The van der Waals surface area contributed by atoms with Crippen LogP contribution in [0.4, 0.5) is 13.2 Å². The predicted octanol–water partition coefficient (Wildman–Crippen LogP) is 2.45.